The van der Waals surface area contributed by atoms with Gasteiger partial charge in [0.1, 0.15) is 5.84 Å². The van der Waals surface area contributed by atoms with Gasteiger partial charge in [0.25, 0.3) is 0 Å². The van der Waals surface area contributed by atoms with Gasteiger partial charge in [-0.25, -0.2) is 0 Å². The van der Waals surface area contributed by atoms with E-state index in [1.165, 1.54) is 44.2 Å². The minimum absolute atomic E-state index is 0.122. The summed E-state index contributed by atoms with van der Waals surface area (Å²) in [6.45, 7) is 1.16. The highest BCUT2D eigenvalue weighted by Crippen LogP contribution is 2.38. The number of hydrogen-bond donors (Lipinski definition) is 2. The summed E-state index contributed by atoms with van der Waals surface area (Å²) in [4.78, 5) is 2.57. The number of rotatable bonds is 3. The van der Waals surface area contributed by atoms with Crippen LogP contribution in [0, 0.1) is 11.3 Å². The Balaban J connectivity index is 1.84. The molecule has 1 aromatic carbocycles. The van der Waals surface area contributed by atoms with Crippen LogP contribution in [0.3, 0.4) is 0 Å². The van der Waals surface area contributed by atoms with E-state index < -0.39 is 0 Å². The zero-order chi connectivity index (χ0) is 14.1. The first-order valence-corrected chi connectivity index (χ1v) is 8.36. The van der Waals surface area contributed by atoms with Gasteiger partial charge < -0.3 is 10.6 Å². The summed E-state index contributed by atoms with van der Waals surface area (Å²) in [7, 11) is 0. The average Bonchev–Trinajstić information content (AvgIpc) is 3.09. The molecule has 3 N–H and O–H groups in total. The predicted molar refractivity (Wildman–Crippen MR) is 87.5 cm³/mol. The molecule has 1 unspecified atom stereocenters. The van der Waals surface area contributed by atoms with Crippen molar-refractivity contribution in [1.82, 2.24) is 0 Å². The Morgan fingerprint density at radius 2 is 1.95 bits per heavy atom. The lowest BCUT2D eigenvalue weighted by Crippen LogP contribution is -2.34. The maximum atomic E-state index is 7.57. The summed E-state index contributed by atoms with van der Waals surface area (Å²) in [6.07, 6.45) is 8.23. The normalized spacial score (nSPS) is 23.4. The van der Waals surface area contributed by atoms with E-state index in [1.807, 2.05) is 6.07 Å². The Morgan fingerprint density at radius 1 is 1.20 bits per heavy atom. The molecule has 1 aliphatic heterocycles. The Kier molecular flexibility index (Phi) is 4.01. The minimum Gasteiger partial charge on any atom is -0.384 e. The van der Waals surface area contributed by atoms with E-state index in [4.69, 9.17) is 11.1 Å². The molecule has 1 aromatic rings. The van der Waals surface area contributed by atoms with Crippen molar-refractivity contribution in [3.8, 4) is 0 Å². The zero-order valence-electron chi connectivity index (χ0n) is 11.7. The monoisotopic (exact) mass is 335 g/mol. The van der Waals surface area contributed by atoms with Gasteiger partial charge in [-0.2, -0.15) is 0 Å². The van der Waals surface area contributed by atoms with Crippen molar-refractivity contribution in [3.63, 3.8) is 0 Å². The van der Waals surface area contributed by atoms with Crippen LogP contribution in [0.2, 0.25) is 0 Å². The molecule has 0 spiro atoms. The van der Waals surface area contributed by atoms with Crippen molar-refractivity contribution < 1.29 is 0 Å². The molecule has 2 aliphatic rings. The fourth-order valence-corrected chi connectivity index (χ4v) is 4.43. The van der Waals surface area contributed by atoms with Gasteiger partial charge in [-0.05, 0) is 65.7 Å². The van der Waals surface area contributed by atoms with Crippen LogP contribution in [0.5, 0.6) is 0 Å². The lowest BCUT2D eigenvalue weighted by Gasteiger charge is -2.31. The van der Waals surface area contributed by atoms with Crippen molar-refractivity contribution in [2.75, 3.05) is 11.4 Å². The van der Waals surface area contributed by atoms with E-state index in [0.29, 0.717) is 6.04 Å². The van der Waals surface area contributed by atoms with Crippen molar-refractivity contribution >= 4 is 27.5 Å². The second-order valence-corrected chi connectivity index (χ2v) is 6.88. The number of amidine groups is 1. The molecule has 1 saturated carbocycles. The molecule has 1 heterocycles. The Morgan fingerprint density at radius 3 is 2.60 bits per heavy atom. The van der Waals surface area contributed by atoms with Crippen LogP contribution < -0.4 is 10.6 Å². The number of hydrogen-bond acceptors (Lipinski definition) is 2. The second-order valence-electron chi connectivity index (χ2n) is 6.03. The number of nitrogens with two attached hydrogens (primary N) is 1. The van der Waals surface area contributed by atoms with Crippen molar-refractivity contribution in [3.05, 3.63) is 28.2 Å². The summed E-state index contributed by atoms with van der Waals surface area (Å²) < 4.78 is 0.930. The van der Waals surface area contributed by atoms with Crippen LogP contribution in [-0.2, 0) is 0 Å². The minimum atomic E-state index is 0.122. The van der Waals surface area contributed by atoms with Crippen LogP contribution in [0.25, 0.3) is 0 Å². The highest BCUT2D eigenvalue weighted by atomic mass is 79.9. The van der Waals surface area contributed by atoms with Gasteiger partial charge in [0.2, 0.25) is 0 Å². The third kappa shape index (κ3) is 2.58. The predicted octanol–water partition coefficient (Wildman–Crippen LogP) is 3.89. The molecule has 0 amide bonds. The van der Waals surface area contributed by atoms with E-state index in [-0.39, 0.29) is 5.84 Å². The topological polar surface area (TPSA) is 53.1 Å². The third-order valence-electron chi connectivity index (χ3n) is 4.82. The average molecular weight is 336 g/mol. The Bertz CT molecular complexity index is 508. The van der Waals surface area contributed by atoms with E-state index in [9.17, 15) is 0 Å². The number of halogens is 1. The molecular formula is C16H22BrN3. The van der Waals surface area contributed by atoms with Crippen molar-refractivity contribution in [2.24, 2.45) is 11.7 Å². The molecular weight excluding hydrogens is 314 g/mol. The molecule has 0 aromatic heterocycles. The number of nitrogens with one attached hydrogen (secondary N) is 1. The summed E-state index contributed by atoms with van der Waals surface area (Å²) in [5.74, 6) is 1.00. The lowest BCUT2D eigenvalue weighted by atomic mass is 9.95. The van der Waals surface area contributed by atoms with E-state index in [0.717, 1.165) is 22.5 Å². The number of nitrogens with zero attached hydrogens (tertiary/aromatic N) is 1. The fraction of sp³-hybridized carbons (Fsp3) is 0.562. The molecule has 4 heteroatoms. The molecule has 1 saturated heterocycles. The standard InChI is InChI=1S/C16H22BrN3/c17-14-10-12(7-8-13(14)16(18)19)20-9-3-6-15(20)11-4-1-2-5-11/h7-8,10-11,15H,1-6,9H2,(H3,18,19). The van der Waals surface area contributed by atoms with Gasteiger partial charge >= 0.3 is 0 Å². The largest absolute Gasteiger partial charge is 0.384 e. The van der Waals surface area contributed by atoms with Gasteiger partial charge in [0.15, 0.2) is 0 Å². The number of nitrogen functional groups attached to an aromatic ring is 1. The maximum absolute atomic E-state index is 7.57. The molecule has 1 atom stereocenters. The van der Waals surface area contributed by atoms with Gasteiger partial charge in [-0.1, -0.05) is 12.8 Å². The Labute approximate surface area is 129 Å². The number of benzene rings is 1. The molecule has 20 heavy (non-hydrogen) atoms. The maximum Gasteiger partial charge on any atom is 0.123 e. The molecule has 1 aliphatic carbocycles. The van der Waals surface area contributed by atoms with E-state index in [1.54, 1.807) is 0 Å². The van der Waals surface area contributed by atoms with Crippen LogP contribution >= 0.6 is 15.9 Å². The van der Waals surface area contributed by atoms with Crippen molar-refractivity contribution in [2.45, 2.75) is 44.6 Å². The number of anilines is 1. The van der Waals surface area contributed by atoms with Gasteiger partial charge in [-0.15, -0.1) is 0 Å². The van der Waals surface area contributed by atoms with Crippen LogP contribution in [-0.4, -0.2) is 18.4 Å². The molecule has 3 rings (SSSR count). The van der Waals surface area contributed by atoms with Gasteiger partial charge in [-0.3, -0.25) is 5.41 Å². The smallest absolute Gasteiger partial charge is 0.123 e. The fourth-order valence-electron chi connectivity index (χ4n) is 3.85. The zero-order valence-corrected chi connectivity index (χ0v) is 13.3. The Hall–Kier alpha value is -1.03. The molecule has 2 fully saturated rings. The molecule has 0 radical (unpaired) electrons. The lowest BCUT2D eigenvalue weighted by molar-refractivity contribution is 0.431. The summed E-state index contributed by atoms with van der Waals surface area (Å²) in [5, 5.41) is 7.57. The highest BCUT2D eigenvalue weighted by molar-refractivity contribution is 9.10. The van der Waals surface area contributed by atoms with Crippen LogP contribution in [0.1, 0.15) is 44.1 Å². The quantitative estimate of drug-likeness (QED) is 0.650. The first-order valence-electron chi connectivity index (χ1n) is 7.57. The second kappa shape index (κ2) is 5.76. The van der Waals surface area contributed by atoms with Crippen LogP contribution in [0.4, 0.5) is 5.69 Å². The van der Waals surface area contributed by atoms with Gasteiger partial charge in [0.05, 0.1) is 0 Å². The summed E-state index contributed by atoms with van der Waals surface area (Å²) >= 11 is 3.55. The van der Waals surface area contributed by atoms with Gasteiger partial charge in [0, 0.05) is 28.3 Å². The molecule has 0 bridgehead atoms. The van der Waals surface area contributed by atoms with E-state index >= 15 is 0 Å². The third-order valence-corrected chi connectivity index (χ3v) is 5.47. The first kappa shape index (κ1) is 13.9. The first-order chi connectivity index (χ1) is 9.66. The molecule has 3 nitrogen and oxygen atoms in total. The highest BCUT2D eigenvalue weighted by Gasteiger charge is 2.33. The van der Waals surface area contributed by atoms with Crippen LogP contribution in [0.15, 0.2) is 22.7 Å². The summed E-state index contributed by atoms with van der Waals surface area (Å²) in [6, 6.07) is 6.93. The van der Waals surface area contributed by atoms with E-state index in [2.05, 4.69) is 33.0 Å². The molecule has 108 valence electrons. The SMILES string of the molecule is N=C(N)c1ccc(N2CCCC2C2CCCC2)cc1Br. The van der Waals surface area contributed by atoms with Crippen molar-refractivity contribution in [1.29, 1.82) is 5.41 Å². The summed E-state index contributed by atoms with van der Waals surface area (Å²) in [5.41, 5.74) is 7.64.